The molecule has 0 saturated carbocycles. The quantitative estimate of drug-likeness (QED) is 0.722. The maximum absolute atomic E-state index is 11.9. The molecule has 0 bridgehead atoms. The van der Waals surface area contributed by atoms with E-state index < -0.39 is 0 Å². The Morgan fingerprint density at radius 2 is 2.05 bits per heavy atom. The number of hydrogen-bond acceptors (Lipinski definition) is 5. The van der Waals surface area contributed by atoms with Crippen LogP contribution in [0.25, 0.3) is 0 Å². The Hall–Kier alpha value is -1.86. The van der Waals surface area contributed by atoms with Crippen molar-refractivity contribution in [1.29, 1.82) is 0 Å². The van der Waals surface area contributed by atoms with Crippen LogP contribution in [0.1, 0.15) is 5.76 Å². The highest BCUT2D eigenvalue weighted by Gasteiger charge is 2.21. The molecule has 0 aliphatic carbocycles. The highest BCUT2D eigenvalue weighted by molar-refractivity contribution is 5.85. The van der Waals surface area contributed by atoms with E-state index in [1.807, 2.05) is 12.1 Å². The molecular weight excluding hydrogens is 260 g/mol. The van der Waals surface area contributed by atoms with Gasteiger partial charge in [-0.15, -0.1) is 0 Å². The van der Waals surface area contributed by atoms with Crippen LogP contribution in [0.15, 0.2) is 22.8 Å². The van der Waals surface area contributed by atoms with Crippen molar-refractivity contribution >= 4 is 11.8 Å². The van der Waals surface area contributed by atoms with Gasteiger partial charge < -0.3 is 20.4 Å². The molecule has 2 amide bonds. The third-order valence-electron chi connectivity index (χ3n) is 3.31. The van der Waals surface area contributed by atoms with Gasteiger partial charge in [-0.3, -0.25) is 14.5 Å². The number of hydrogen-bond donors (Lipinski definition) is 2. The summed E-state index contributed by atoms with van der Waals surface area (Å²) in [6.45, 7) is 3.63. The lowest BCUT2D eigenvalue weighted by Gasteiger charge is -2.34. The third kappa shape index (κ3) is 4.07. The highest BCUT2D eigenvalue weighted by atomic mass is 16.3. The normalized spacial score (nSPS) is 16.1. The number of piperazine rings is 1. The molecule has 2 rings (SSSR count). The Morgan fingerprint density at radius 3 is 2.65 bits per heavy atom. The SMILES string of the molecule is NCC(=O)NCC(=O)N1CCN(Cc2ccco2)CC1. The van der Waals surface area contributed by atoms with Gasteiger partial charge in [0.2, 0.25) is 11.8 Å². The monoisotopic (exact) mass is 280 g/mol. The zero-order valence-corrected chi connectivity index (χ0v) is 11.4. The van der Waals surface area contributed by atoms with E-state index in [0.29, 0.717) is 13.1 Å². The van der Waals surface area contributed by atoms with Crippen molar-refractivity contribution in [3.63, 3.8) is 0 Å². The maximum Gasteiger partial charge on any atom is 0.242 e. The molecule has 1 fully saturated rings. The van der Waals surface area contributed by atoms with Crippen molar-refractivity contribution in [3.8, 4) is 0 Å². The minimum Gasteiger partial charge on any atom is -0.468 e. The first-order valence-electron chi connectivity index (χ1n) is 6.68. The Morgan fingerprint density at radius 1 is 1.30 bits per heavy atom. The van der Waals surface area contributed by atoms with Gasteiger partial charge in [-0.25, -0.2) is 0 Å². The summed E-state index contributed by atoms with van der Waals surface area (Å²) < 4.78 is 5.31. The Kier molecular flexibility index (Phi) is 5.14. The van der Waals surface area contributed by atoms with Crippen LogP contribution in [0, 0.1) is 0 Å². The number of nitrogens with one attached hydrogen (secondary N) is 1. The molecule has 7 heteroatoms. The fourth-order valence-corrected chi connectivity index (χ4v) is 2.14. The van der Waals surface area contributed by atoms with Gasteiger partial charge in [0.15, 0.2) is 0 Å². The summed E-state index contributed by atoms with van der Waals surface area (Å²) in [5, 5.41) is 2.49. The number of nitrogens with zero attached hydrogens (tertiary/aromatic N) is 2. The van der Waals surface area contributed by atoms with Crippen molar-refractivity contribution in [2.24, 2.45) is 5.73 Å². The fourth-order valence-electron chi connectivity index (χ4n) is 2.14. The summed E-state index contributed by atoms with van der Waals surface area (Å²) >= 11 is 0. The van der Waals surface area contributed by atoms with E-state index in [1.54, 1.807) is 11.2 Å². The summed E-state index contributed by atoms with van der Waals surface area (Å²) in [4.78, 5) is 26.9. The fraction of sp³-hybridized carbons (Fsp3) is 0.538. The molecule has 20 heavy (non-hydrogen) atoms. The second kappa shape index (κ2) is 7.06. The van der Waals surface area contributed by atoms with Crippen LogP contribution >= 0.6 is 0 Å². The van der Waals surface area contributed by atoms with E-state index in [4.69, 9.17) is 10.2 Å². The maximum atomic E-state index is 11.9. The standard InChI is InChI=1S/C13H20N4O3/c14-8-12(18)15-9-13(19)17-5-3-16(4-6-17)10-11-2-1-7-20-11/h1-2,7H,3-6,8-10,14H2,(H,15,18). The molecule has 1 aliphatic rings. The lowest BCUT2D eigenvalue weighted by atomic mass is 10.3. The van der Waals surface area contributed by atoms with Crippen molar-refractivity contribution in [2.75, 3.05) is 39.3 Å². The van der Waals surface area contributed by atoms with Crippen LogP contribution in [0.4, 0.5) is 0 Å². The molecule has 0 spiro atoms. The van der Waals surface area contributed by atoms with Gasteiger partial charge in [0.05, 0.1) is 25.9 Å². The lowest BCUT2D eigenvalue weighted by Crippen LogP contribution is -2.51. The van der Waals surface area contributed by atoms with Crippen LogP contribution in [-0.4, -0.2) is 60.9 Å². The van der Waals surface area contributed by atoms with Gasteiger partial charge in [0, 0.05) is 26.2 Å². The van der Waals surface area contributed by atoms with Crippen LogP contribution in [-0.2, 0) is 16.1 Å². The van der Waals surface area contributed by atoms with Crippen LogP contribution in [0.5, 0.6) is 0 Å². The minimum atomic E-state index is -0.310. The van der Waals surface area contributed by atoms with Crippen molar-refractivity contribution in [1.82, 2.24) is 15.1 Å². The van der Waals surface area contributed by atoms with Gasteiger partial charge in [-0.1, -0.05) is 0 Å². The number of carbonyl (C=O) groups excluding carboxylic acids is 2. The average molecular weight is 280 g/mol. The zero-order chi connectivity index (χ0) is 14.4. The van der Waals surface area contributed by atoms with E-state index in [9.17, 15) is 9.59 Å². The van der Waals surface area contributed by atoms with E-state index in [-0.39, 0.29) is 24.9 Å². The summed E-state index contributed by atoms with van der Waals surface area (Å²) in [5.41, 5.74) is 5.17. The average Bonchev–Trinajstić information content (AvgIpc) is 2.98. The van der Waals surface area contributed by atoms with E-state index >= 15 is 0 Å². The summed E-state index contributed by atoms with van der Waals surface area (Å²) in [5.74, 6) is 0.555. The molecule has 0 atom stereocenters. The first-order valence-corrected chi connectivity index (χ1v) is 6.68. The summed E-state index contributed by atoms with van der Waals surface area (Å²) in [7, 11) is 0. The topological polar surface area (TPSA) is 91.8 Å². The molecule has 1 aliphatic heterocycles. The molecule has 0 unspecified atom stereocenters. The number of nitrogens with two attached hydrogens (primary N) is 1. The van der Waals surface area contributed by atoms with Gasteiger partial charge in [0.25, 0.3) is 0 Å². The predicted molar refractivity (Wildman–Crippen MR) is 72.6 cm³/mol. The van der Waals surface area contributed by atoms with Crippen LogP contribution < -0.4 is 11.1 Å². The molecule has 3 N–H and O–H groups in total. The smallest absolute Gasteiger partial charge is 0.242 e. The summed E-state index contributed by atoms with van der Waals surface area (Å²) in [6.07, 6.45) is 1.66. The number of furan rings is 1. The Labute approximate surface area is 117 Å². The van der Waals surface area contributed by atoms with Crippen molar-refractivity contribution < 1.29 is 14.0 Å². The Bertz CT molecular complexity index is 438. The molecule has 2 heterocycles. The van der Waals surface area contributed by atoms with Gasteiger partial charge in [0.1, 0.15) is 5.76 Å². The molecule has 110 valence electrons. The molecule has 0 radical (unpaired) electrons. The highest BCUT2D eigenvalue weighted by Crippen LogP contribution is 2.08. The van der Waals surface area contributed by atoms with Gasteiger partial charge >= 0.3 is 0 Å². The molecule has 1 aromatic rings. The lowest BCUT2D eigenvalue weighted by molar-refractivity contribution is -0.134. The first kappa shape index (κ1) is 14.5. The molecule has 0 aromatic carbocycles. The summed E-state index contributed by atoms with van der Waals surface area (Å²) in [6, 6.07) is 3.81. The molecule has 1 saturated heterocycles. The van der Waals surface area contributed by atoms with E-state index in [1.165, 1.54) is 0 Å². The predicted octanol–water partition coefficient (Wildman–Crippen LogP) is -1.00. The zero-order valence-electron chi connectivity index (χ0n) is 11.4. The largest absolute Gasteiger partial charge is 0.468 e. The van der Waals surface area contributed by atoms with Crippen LogP contribution in [0.2, 0.25) is 0 Å². The minimum absolute atomic E-state index is 0.0220. The first-order chi connectivity index (χ1) is 9.69. The van der Waals surface area contributed by atoms with E-state index in [0.717, 1.165) is 25.4 Å². The van der Waals surface area contributed by atoms with Crippen LogP contribution in [0.3, 0.4) is 0 Å². The molecule has 7 nitrogen and oxygen atoms in total. The number of carbonyl (C=O) groups is 2. The number of amides is 2. The van der Waals surface area contributed by atoms with E-state index in [2.05, 4.69) is 10.2 Å². The molecular formula is C13H20N4O3. The van der Waals surface area contributed by atoms with Crippen molar-refractivity contribution in [2.45, 2.75) is 6.54 Å². The third-order valence-corrected chi connectivity index (χ3v) is 3.31. The second-order valence-corrected chi connectivity index (χ2v) is 4.72. The van der Waals surface area contributed by atoms with Crippen molar-refractivity contribution in [3.05, 3.63) is 24.2 Å². The number of rotatable bonds is 5. The Balaban J connectivity index is 1.70. The van der Waals surface area contributed by atoms with Gasteiger partial charge in [-0.2, -0.15) is 0 Å². The second-order valence-electron chi connectivity index (χ2n) is 4.72. The molecule has 1 aromatic heterocycles. The van der Waals surface area contributed by atoms with Gasteiger partial charge in [-0.05, 0) is 12.1 Å².